The normalized spacial score (nSPS) is 11.2. The molecule has 78 valence electrons. The minimum Gasteiger partial charge on any atom is -0.493 e. The molecular weight excluding hydrogens is 195 g/mol. The van der Waals surface area contributed by atoms with E-state index in [0.29, 0.717) is 16.5 Å². The molecule has 3 nitrogen and oxygen atoms in total. The second-order valence-electron chi connectivity index (χ2n) is 3.74. The van der Waals surface area contributed by atoms with Crippen LogP contribution >= 0.6 is 0 Å². The lowest BCUT2D eigenvalue weighted by Crippen LogP contribution is -1.94. The summed E-state index contributed by atoms with van der Waals surface area (Å²) in [6.07, 6.45) is 1.21. The summed E-state index contributed by atoms with van der Waals surface area (Å²) < 4.78 is 13.6. The van der Waals surface area contributed by atoms with Gasteiger partial charge < -0.3 is 5.11 Å². The van der Waals surface area contributed by atoms with E-state index in [-0.39, 0.29) is 17.6 Å². The van der Waals surface area contributed by atoms with E-state index >= 15 is 0 Å². The third kappa shape index (κ3) is 1.63. The number of hydrogen-bond acceptors (Lipinski definition) is 3. The maximum atomic E-state index is 13.6. The zero-order chi connectivity index (χ0) is 11.0. The van der Waals surface area contributed by atoms with Gasteiger partial charge in [0.2, 0.25) is 5.88 Å². The van der Waals surface area contributed by atoms with Gasteiger partial charge in [-0.25, -0.2) is 14.4 Å². The molecule has 0 fully saturated rings. The van der Waals surface area contributed by atoms with Crippen LogP contribution in [0.1, 0.15) is 25.3 Å². The average molecular weight is 206 g/mol. The van der Waals surface area contributed by atoms with Crippen molar-refractivity contribution in [2.75, 3.05) is 0 Å². The number of rotatable bonds is 1. The highest BCUT2D eigenvalue weighted by Gasteiger charge is 2.11. The summed E-state index contributed by atoms with van der Waals surface area (Å²) in [4.78, 5) is 7.55. The Labute approximate surface area is 86.6 Å². The first-order chi connectivity index (χ1) is 7.09. The minimum atomic E-state index is -0.296. The summed E-state index contributed by atoms with van der Waals surface area (Å²) in [5.41, 5.74) is 0.983. The topological polar surface area (TPSA) is 46.0 Å². The predicted octanol–water partition coefficient (Wildman–Crippen LogP) is 2.60. The number of aromatic nitrogens is 2. The second kappa shape index (κ2) is 3.46. The Morgan fingerprint density at radius 3 is 2.67 bits per heavy atom. The van der Waals surface area contributed by atoms with Crippen LogP contribution < -0.4 is 0 Å². The number of fused-ring (bicyclic) bond motifs is 1. The fraction of sp³-hybridized carbons (Fsp3) is 0.273. The van der Waals surface area contributed by atoms with Gasteiger partial charge in [0.15, 0.2) is 0 Å². The molecule has 0 aliphatic rings. The molecule has 0 radical (unpaired) electrons. The van der Waals surface area contributed by atoms with Crippen LogP contribution in [0, 0.1) is 5.82 Å². The van der Waals surface area contributed by atoms with E-state index in [4.69, 9.17) is 0 Å². The molecule has 0 bridgehead atoms. The molecule has 0 saturated carbocycles. The molecule has 0 atom stereocenters. The third-order valence-corrected chi connectivity index (χ3v) is 2.35. The van der Waals surface area contributed by atoms with Gasteiger partial charge in [-0.15, -0.1) is 0 Å². The number of aromatic hydroxyl groups is 1. The van der Waals surface area contributed by atoms with Crippen molar-refractivity contribution in [3.63, 3.8) is 0 Å². The van der Waals surface area contributed by atoms with Crippen LogP contribution in [0.3, 0.4) is 0 Å². The Balaban J connectivity index is 2.78. The van der Waals surface area contributed by atoms with E-state index in [0.717, 1.165) is 0 Å². The zero-order valence-electron chi connectivity index (χ0n) is 8.53. The minimum absolute atomic E-state index is 0.0639. The molecule has 1 aromatic carbocycles. The van der Waals surface area contributed by atoms with E-state index < -0.39 is 0 Å². The van der Waals surface area contributed by atoms with Crippen molar-refractivity contribution in [3.05, 3.63) is 29.8 Å². The smallest absolute Gasteiger partial charge is 0.221 e. The highest BCUT2D eigenvalue weighted by atomic mass is 19.1. The van der Waals surface area contributed by atoms with Gasteiger partial charge in [0.25, 0.3) is 0 Å². The molecule has 2 aromatic rings. The van der Waals surface area contributed by atoms with E-state index in [2.05, 4.69) is 9.97 Å². The first-order valence-corrected chi connectivity index (χ1v) is 4.72. The van der Waals surface area contributed by atoms with Crippen molar-refractivity contribution >= 4 is 10.9 Å². The summed E-state index contributed by atoms with van der Waals surface area (Å²) in [6.45, 7) is 3.79. The highest BCUT2D eigenvalue weighted by Crippen LogP contribution is 2.27. The summed E-state index contributed by atoms with van der Waals surface area (Å²) in [6, 6.07) is 2.93. The molecule has 0 aliphatic heterocycles. The van der Waals surface area contributed by atoms with Crippen molar-refractivity contribution in [2.24, 2.45) is 0 Å². The zero-order valence-corrected chi connectivity index (χ0v) is 8.53. The first kappa shape index (κ1) is 9.83. The van der Waals surface area contributed by atoms with Crippen LogP contribution in [0.2, 0.25) is 0 Å². The molecule has 0 amide bonds. The van der Waals surface area contributed by atoms with Crippen molar-refractivity contribution in [3.8, 4) is 5.88 Å². The van der Waals surface area contributed by atoms with Crippen LogP contribution in [0.5, 0.6) is 5.88 Å². The first-order valence-electron chi connectivity index (χ1n) is 4.72. The fourth-order valence-electron chi connectivity index (χ4n) is 1.52. The summed E-state index contributed by atoms with van der Waals surface area (Å²) in [5.74, 6) is -0.341. The maximum absolute atomic E-state index is 13.6. The van der Waals surface area contributed by atoms with Gasteiger partial charge in [-0.2, -0.15) is 0 Å². The van der Waals surface area contributed by atoms with Gasteiger partial charge >= 0.3 is 0 Å². The molecular formula is C11H11FN2O. The Kier molecular flexibility index (Phi) is 2.26. The monoisotopic (exact) mass is 206 g/mol. The molecule has 15 heavy (non-hydrogen) atoms. The molecule has 1 heterocycles. The van der Waals surface area contributed by atoms with Gasteiger partial charge in [0.05, 0.1) is 10.9 Å². The van der Waals surface area contributed by atoms with Crippen LogP contribution in [0.25, 0.3) is 10.9 Å². The largest absolute Gasteiger partial charge is 0.493 e. The number of nitrogens with zero attached hydrogens (tertiary/aromatic N) is 2. The predicted molar refractivity (Wildman–Crippen MR) is 55.2 cm³/mol. The van der Waals surface area contributed by atoms with E-state index in [9.17, 15) is 9.50 Å². The highest BCUT2D eigenvalue weighted by molar-refractivity contribution is 5.83. The summed E-state index contributed by atoms with van der Waals surface area (Å²) >= 11 is 0. The lowest BCUT2D eigenvalue weighted by atomic mass is 10.0. The average Bonchev–Trinajstić information content (AvgIpc) is 2.16. The van der Waals surface area contributed by atoms with E-state index in [1.165, 1.54) is 12.4 Å². The van der Waals surface area contributed by atoms with Gasteiger partial charge in [-0.3, -0.25) is 0 Å². The van der Waals surface area contributed by atoms with Gasteiger partial charge in [-0.05, 0) is 17.5 Å². The molecule has 1 N–H and O–H groups in total. The third-order valence-electron chi connectivity index (χ3n) is 2.35. The maximum Gasteiger partial charge on any atom is 0.221 e. The molecule has 0 saturated heterocycles. The molecule has 0 aliphatic carbocycles. The number of benzene rings is 1. The summed E-state index contributed by atoms with van der Waals surface area (Å²) in [7, 11) is 0. The van der Waals surface area contributed by atoms with E-state index in [1.54, 1.807) is 6.07 Å². The van der Waals surface area contributed by atoms with Gasteiger partial charge in [0.1, 0.15) is 12.1 Å². The van der Waals surface area contributed by atoms with Gasteiger partial charge in [0, 0.05) is 6.07 Å². The molecule has 0 spiro atoms. The van der Waals surface area contributed by atoms with Crippen molar-refractivity contribution < 1.29 is 9.50 Å². The Morgan fingerprint density at radius 1 is 1.27 bits per heavy atom. The second-order valence-corrected chi connectivity index (χ2v) is 3.74. The SMILES string of the molecule is CC(C)c1cc2c(O)ncnc2cc1F. The van der Waals surface area contributed by atoms with Crippen LogP contribution in [-0.2, 0) is 0 Å². The summed E-state index contributed by atoms with van der Waals surface area (Å²) in [5, 5.41) is 9.98. The molecule has 0 unspecified atom stereocenters. The number of hydrogen-bond donors (Lipinski definition) is 1. The Hall–Kier alpha value is -1.71. The fourth-order valence-corrected chi connectivity index (χ4v) is 1.52. The Bertz CT molecular complexity index is 511. The van der Waals surface area contributed by atoms with Crippen molar-refractivity contribution in [1.82, 2.24) is 9.97 Å². The molecule has 1 aromatic heterocycles. The Morgan fingerprint density at radius 2 is 2.00 bits per heavy atom. The van der Waals surface area contributed by atoms with Crippen molar-refractivity contribution in [2.45, 2.75) is 19.8 Å². The van der Waals surface area contributed by atoms with Gasteiger partial charge in [-0.1, -0.05) is 13.8 Å². The van der Waals surface area contributed by atoms with Crippen LogP contribution in [0.4, 0.5) is 4.39 Å². The van der Waals surface area contributed by atoms with Crippen LogP contribution in [0.15, 0.2) is 18.5 Å². The molecule has 4 heteroatoms. The lowest BCUT2D eigenvalue weighted by Gasteiger charge is -2.08. The quantitative estimate of drug-likeness (QED) is 0.780. The lowest BCUT2D eigenvalue weighted by molar-refractivity contribution is 0.459. The van der Waals surface area contributed by atoms with E-state index in [1.807, 2.05) is 13.8 Å². The molecule has 2 rings (SSSR count). The van der Waals surface area contributed by atoms with Crippen LogP contribution in [-0.4, -0.2) is 15.1 Å². The number of halogens is 1. The van der Waals surface area contributed by atoms with Crippen molar-refractivity contribution in [1.29, 1.82) is 0 Å². The standard InChI is InChI=1S/C11H11FN2O/c1-6(2)7-3-8-10(4-9(7)12)13-5-14-11(8)15/h3-6H,1-2H3,(H,13,14,15).